The van der Waals surface area contributed by atoms with Gasteiger partial charge >= 0.3 is 12.1 Å². The van der Waals surface area contributed by atoms with Crippen molar-refractivity contribution in [1.82, 2.24) is 10.6 Å². The third kappa shape index (κ3) is 8.19. The number of carbonyl (C=O) groups excluding carboxylic acids is 2. The molecule has 0 heterocycles. The normalized spacial score (nSPS) is 14.4. The van der Waals surface area contributed by atoms with Gasteiger partial charge in [-0.15, -0.1) is 0 Å². The van der Waals surface area contributed by atoms with Gasteiger partial charge < -0.3 is 25.2 Å². The number of fused-ring (bicyclic) bond motifs is 3. The lowest BCUT2D eigenvalue weighted by atomic mass is 9.94. The third-order valence-corrected chi connectivity index (χ3v) is 7.56. The standard InChI is InChI=1S/C34H40N2O6/c1-22(2)17-25(18-31(37)38)19-35-33(39)32(23(3)41-20-24-11-5-4-6-12-24)36-34(40)42-21-30-28-15-9-7-13-26(28)27-14-8-10-16-29(27)30/h4-16,22-23,25,30,32H,17-21H2,1-3H3,(H,35,39)(H,36,40)(H,37,38)/t23-,25?,32+/m0/s1. The van der Waals surface area contributed by atoms with Crippen LogP contribution in [0.15, 0.2) is 78.9 Å². The number of alkyl carbamates (subject to hydrolysis) is 1. The Morgan fingerprint density at radius 1 is 0.857 bits per heavy atom. The number of nitrogens with one attached hydrogen (secondary N) is 2. The van der Waals surface area contributed by atoms with Gasteiger partial charge in [0.15, 0.2) is 0 Å². The predicted octanol–water partition coefficient (Wildman–Crippen LogP) is 5.75. The molecule has 0 aliphatic heterocycles. The number of carbonyl (C=O) groups is 3. The van der Waals surface area contributed by atoms with Crippen molar-refractivity contribution < 1.29 is 29.0 Å². The van der Waals surface area contributed by atoms with Crippen molar-refractivity contribution in [2.45, 2.75) is 58.3 Å². The summed E-state index contributed by atoms with van der Waals surface area (Å²) in [5, 5.41) is 14.9. The van der Waals surface area contributed by atoms with Crippen molar-refractivity contribution in [3.63, 3.8) is 0 Å². The molecule has 222 valence electrons. The summed E-state index contributed by atoms with van der Waals surface area (Å²) in [4.78, 5) is 37.9. The van der Waals surface area contributed by atoms with Gasteiger partial charge in [0.25, 0.3) is 0 Å². The van der Waals surface area contributed by atoms with Crippen LogP contribution in [0.2, 0.25) is 0 Å². The van der Waals surface area contributed by atoms with E-state index in [1.54, 1.807) is 6.92 Å². The molecule has 3 aromatic rings. The molecule has 0 spiro atoms. The Balaban J connectivity index is 1.43. The maximum atomic E-state index is 13.4. The second-order valence-corrected chi connectivity index (χ2v) is 11.3. The second-order valence-electron chi connectivity index (χ2n) is 11.3. The monoisotopic (exact) mass is 572 g/mol. The fourth-order valence-corrected chi connectivity index (χ4v) is 5.57. The summed E-state index contributed by atoms with van der Waals surface area (Å²) in [6.07, 6.45) is -0.815. The minimum Gasteiger partial charge on any atom is -0.481 e. The van der Waals surface area contributed by atoms with E-state index in [0.717, 1.165) is 27.8 Å². The van der Waals surface area contributed by atoms with Crippen molar-refractivity contribution in [3.05, 3.63) is 95.6 Å². The van der Waals surface area contributed by atoms with Gasteiger partial charge in [0, 0.05) is 18.9 Å². The maximum absolute atomic E-state index is 13.4. The van der Waals surface area contributed by atoms with E-state index in [9.17, 15) is 19.5 Å². The van der Waals surface area contributed by atoms with Crippen LogP contribution in [-0.4, -0.2) is 48.4 Å². The minimum absolute atomic E-state index is 0.0526. The van der Waals surface area contributed by atoms with Crippen LogP contribution in [0.25, 0.3) is 11.1 Å². The number of hydrogen-bond donors (Lipinski definition) is 3. The molecule has 1 aliphatic rings. The van der Waals surface area contributed by atoms with Gasteiger partial charge in [-0.3, -0.25) is 9.59 Å². The van der Waals surface area contributed by atoms with E-state index in [0.29, 0.717) is 6.42 Å². The molecule has 0 saturated carbocycles. The lowest BCUT2D eigenvalue weighted by molar-refractivity contribution is -0.138. The average Bonchev–Trinajstić information content (AvgIpc) is 3.29. The molecule has 1 aliphatic carbocycles. The Kier molecular flexibility index (Phi) is 10.7. The highest BCUT2D eigenvalue weighted by atomic mass is 16.5. The molecule has 42 heavy (non-hydrogen) atoms. The average molecular weight is 573 g/mol. The van der Waals surface area contributed by atoms with Gasteiger partial charge in [0.05, 0.1) is 12.7 Å². The predicted molar refractivity (Wildman–Crippen MR) is 161 cm³/mol. The Bertz CT molecular complexity index is 1310. The summed E-state index contributed by atoms with van der Waals surface area (Å²) >= 11 is 0. The number of ether oxygens (including phenoxy) is 2. The van der Waals surface area contributed by atoms with Crippen LogP contribution in [-0.2, 0) is 25.7 Å². The van der Waals surface area contributed by atoms with Gasteiger partial charge in [-0.1, -0.05) is 92.7 Å². The van der Waals surface area contributed by atoms with Crippen LogP contribution in [0.5, 0.6) is 0 Å². The summed E-state index contributed by atoms with van der Waals surface area (Å²) in [6.45, 7) is 6.29. The number of carboxylic acid groups (broad SMARTS) is 1. The first kappa shape index (κ1) is 30.8. The molecule has 8 nitrogen and oxygen atoms in total. The van der Waals surface area contributed by atoms with Crippen LogP contribution in [0.4, 0.5) is 4.79 Å². The lowest BCUT2D eigenvalue weighted by Crippen LogP contribution is -2.54. The fraction of sp³-hybridized carbons (Fsp3) is 0.382. The van der Waals surface area contributed by atoms with Crippen molar-refractivity contribution in [2.75, 3.05) is 13.2 Å². The van der Waals surface area contributed by atoms with Gasteiger partial charge in [0.1, 0.15) is 12.6 Å². The van der Waals surface area contributed by atoms with Crippen molar-refractivity contribution in [2.24, 2.45) is 11.8 Å². The van der Waals surface area contributed by atoms with Gasteiger partial charge in [-0.2, -0.15) is 0 Å². The molecule has 0 radical (unpaired) electrons. The molecule has 0 saturated heterocycles. The van der Waals surface area contributed by atoms with Gasteiger partial charge in [-0.25, -0.2) is 4.79 Å². The molecule has 1 unspecified atom stereocenters. The quantitative estimate of drug-likeness (QED) is 0.227. The van der Waals surface area contributed by atoms with E-state index in [1.165, 1.54) is 0 Å². The summed E-state index contributed by atoms with van der Waals surface area (Å²) in [5.41, 5.74) is 5.37. The topological polar surface area (TPSA) is 114 Å². The van der Waals surface area contributed by atoms with Crippen LogP contribution in [0.3, 0.4) is 0 Å². The highest BCUT2D eigenvalue weighted by molar-refractivity contribution is 5.86. The Morgan fingerprint density at radius 2 is 1.45 bits per heavy atom. The van der Waals surface area contributed by atoms with Crippen molar-refractivity contribution >= 4 is 18.0 Å². The highest BCUT2D eigenvalue weighted by Gasteiger charge is 2.32. The van der Waals surface area contributed by atoms with Crippen LogP contribution < -0.4 is 10.6 Å². The first-order chi connectivity index (χ1) is 20.2. The molecule has 0 fully saturated rings. The van der Waals surface area contributed by atoms with Gasteiger partial charge in [-0.05, 0) is 53.0 Å². The summed E-state index contributed by atoms with van der Waals surface area (Å²) in [5.74, 6) is -1.45. The SMILES string of the molecule is CC(C)CC(CNC(=O)[C@H](NC(=O)OCC1c2ccccc2-c2ccccc21)[C@H](C)OCc1ccccc1)CC(=O)O. The Labute approximate surface area is 247 Å². The van der Waals surface area contributed by atoms with E-state index < -0.39 is 30.1 Å². The summed E-state index contributed by atoms with van der Waals surface area (Å²) < 4.78 is 11.7. The largest absolute Gasteiger partial charge is 0.481 e. The Morgan fingerprint density at radius 3 is 2.05 bits per heavy atom. The smallest absolute Gasteiger partial charge is 0.407 e. The zero-order valence-electron chi connectivity index (χ0n) is 24.4. The number of aliphatic carboxylic acids is 1. The molecule has 0 bridgehead atoms. The van der Waals surface area contributed by atoms with Gasteiger partial charge in [0.2, 0.25) is 5.91 Å². The first-order valence-electron chi connectivity index (χ1n) is 14.5. The zero-order chi connectivity index (χ0) is 30.1. The van der Waals surface area contributed by atoms with Crippen LogP contribution in [0, 0.1) is 11.8 Å². The molecule has 8 heteroatoms. The molecular formula is C34H40N2O6. The van der Waals surface area contributed by atoms with Crippen molar-refractivity contribution in [1.29, 1.82) is 0 Å². The fourth-order valence-electron chi connectivity index (χ4n) is 5.57. The zero-order valence-corrected chi connectivity index (χ0v) is 24.4. The minimum atomic E-state index is -1.05. The molecular weight excluding hydrogens is 532 g/mol. The van der Waals surface area contributed by atoms with E-state index in [2.05, 4.69) is 22.8 Å². The van der Waals surface area contributed by atoms with E-state index in [-0.39, 0.29) is 43.9 Å². The van der Waals surface area contributed by atoms with E-state index in [4.69, 9.17) is 9.47 Å². The van der Waals surface area contributed by atoms with Crippen LogP contribution in [0.1, 0.15) is 56.2 Å². The Hall–Kier alpha value is -4.17. The molecule has 4 rings (SSSR count). The van der Waals surface area contributed by atoms with Crippen molar-refractivity contribution in [3.8, 4) is 11.1 Å². The molecule has 3 atom stereocenters. The molecule has 0 aromatic heterocycles. The number of rotatable bonds is 14. The number of benzene rings is 3. The highest BCUT2D eigenvalue weighted by Crippen LogP contribution is 2.44. The van der Waals surface area contributed by atoms with Crippen LogP contribution >= 0.6 is 0 Å². The molecule has 2 amide bonds. The number of amides is 2. The first-order valence-corrected chi connectivity index (χ1v) is 14.5. The summed E-state index contributed by atoms with van der Waals surface area (Å²) in [6, 6.07) is 24.7. The number of hydrogen-bond acceptors (Lipinski definition) is 5. The molecule has 3 aromatic carbocycles. The lowest BCUT2D eigenvalue weighted by Gasteiger charge is -2.26. The van der Waals surface area contributed by atoms with E-state index in [1.807, 2.05) is 80.6 Å². The van der Waals surface area contributed by atoms with E-state index >= 15 is 0 Å². The third-order valence-electron chi connectivity index (χ3n) is 7.56. The molecule has 3 N–H and O–H groups in total. The second kappa shape index (κ2) is 14.6. The maximum Gasteiger partial charge on any atom is 0.407 e. The number of carboxylic acids is 1. The summed E-state index contributed by atoms with van der Waals surface area (Å²) in [7, 11) is 0.